The quantitative estimate of drug-likeness (QED) is 0.188. The zero-order valence-electron chi connectivity index (χ0n) is 22.7. The normalized spacial score (nSPS) is 28.1. The van der Waals surface area contributed by atoms with Gasteiger partial charge in [-0.3, -0.25) is 24.1 Å². The Morgan fingerprint density at radius 2 is 1.85 bits per heavy atom. The Labute approximate surface area is 234 Å². The van der Waals surface area contributed by atoms with Gasteiger partial charge in [-0.2, -0.15) is 0 Å². The van der Waals surface area contributed by atoms with E-state index in [2.05, 4.69) is 10.6 Å². The molecule has 4 atom stereocenters. The van der Waals surface area contributed by atoms with Crippen molar-refractivity contribution in [3.05, 3.63) is 45.7 Å². The third-order valence-corrected chi connectivity index (χ3v) is 8.50. The summed E-state index contributed by atoms with van der Waals surface area (Å²) in [4.78, 5) is 53.7. The number of nitrogens with two attached hydrogens (primary N) is 1. The van der Waals surface area contributed by atoms with Crippen LogP contribution in [0.25, 0.3) is 0 Å². The van der Waals surface area contributed by atoms with Crippen LogP contribution >= 0.6 is 0 Å². The Hall–Kier alpha value is -3.81. The third-order valence-electron chi connectivity index (χ3n) is 8.50. The summed E-state index contributed by atoms with van der Waals surface area (Å²) in [7, 11) is 0. The van der Waals surface area contributed by atoms with Crippen LogP contribution in [0.1, 0.15) is 49.0 Å². The molecule has 0 bridgehead atoms. The standard InChI is InChI=1S/C28H33FN4O8/c1-11(2)31-21-14-8-12-7-13-15(29)9-16(32-17(34)10-33-5-3-4-6-33)22(35)19(13)23(36)18(12)25(38)28(14,41)26(39)20(24(21)37)27(30)40/h9,11-12,14,21,31,35,37-38,41H,3-8,10H2,1-2H3,(H2,30,40)(H,32,34)/t12-,14-,21+,28-/m0/s1. The van der Waals surface area contributed by atoms with Gasteiger partial charge in [0.1, 0.15) is 22.9 Å². The van der Waals surface area contributed by atoms with E-state index in [1.54, 1.807) is 13.8 Å². The summed E-state index contributed by atoms with van der Waals surface area (Å²) in [5, 5.41) is 50.3. The zero-order chi connectivity index (χ0) is 30.0. The molecule has 1 heterocycles. The van der Waals surface area contributed by atoms with Crippen molar-refractivity contribution in [1.82, 2.24) is 10.2 Å². The van der Waals surface area contributed by atoms with Crippen molar-refractivity contribution in [2.24, 2.45) is 17.6 Å². The van der Waals surface area contributed by atoms with E-state index in [0.29, 0.717) is 0 Å². The van der Waals surface area contributed by atoms with Crippen molar-refractivity contribution in [3.63, 3.8) is 0 Å². The number of aromatic hydroxyl groups is 1. The molecule has 3 aliphatic carbocycles. The highest BCUT2D eigenvalue weighted by atomic mass is 19.1. The van der Waals surface area contributed by atoms with Crippen LogP contribution in [-0.2, 0) is 20.8 Å². The van der Waals surface area contributed by atoms with E-state index in [0.717, 1.165) is 32.0 Å². The van der Waals surface area contributed by atoms with Gasteiger partial charge in [-0.05, 0) is 44.7 Å². The van der Waals surface area contributed by atoms with Crippen molar-refractivity contribution < 1.29 is 44.0 Å². The van der Waals surface area contributed by atoms with Gasteiger partial charge in [0.25, 0.3) is 5.91 Å². The van der Waals surface area contributed by atoms with Gasteiger partial charge in [0, 0.05) is 29.2 Å². The van der Waals surface area contributed by atoms with Crippen molar-refractivity contribution in [2.75, 3.05) is 25.0 Å². The number of phenolic OH excluding ortho intramolecular Hbond substituents is 1. The lowest BCUT2D eigenvalue weighted by molar-refractivity contribution is -0.146. The highest BCUT2D eigenvalue weighted by Crippen LogP contribution is 2.52. The molecule has 0 spiro atoms. The van der Waals surface area contributed by atoms with E-state index < -0.39 is 86.7 Å². The molecule has 8 N–H and O–H groups in total. The number of hydrogen-bond acceptors (Lipinski definition) is 10. The number of phenols is 1. The van der Waals surface area contributed by atoms with Gasteiger partial charge in [0.05, 0.1) is 23.8 Å². The lowest BCUT2D eigenvalue weighted by Gasteiger charge is -2.49. The first-order valence-electron chi connectivity index (χ1n) is 13.6. The maximum atomic E-state index is 15.4. The number of amides is 2. The molecule has 1 aliphatic heterocycles. The van der Waals surface area contributed by atoms with E-state index in [4.69, 9.17) is 5.73 Å². The van der Waals surface area contributed by atoms with Crippen LogP contribution in [0, 0.1) is 17.7 Å². The molecule has 4 aliphatic rings. The molecule has 2 amide bonds. The van der Waals surface area contributed by atoms with Crippen molar-refractivity contribution in [1.29, 1.82) is 0 Å². The number of anilines is 1. The fraction of sp³-hybridized carbons (Fsp3) is 0.500. The number of allylic oxidation sites excluding steroid dienone is 1. The third kappa shape index (κ3) is 4.48. The first-order chi connectivity index (χ1) is 19.3. The molecular weight excluding hydrogens is 539 g/mol. The van der Waals surface area contributed by atoms with Crippen LogP contribution in [0.2, 0.25) is 0 Å². The van der Waals surface area contributed by atoms with Crippen molar-refractivity contribution in [2.45, 2.75) is 57.2 Å². The predicted molar refractivity (Wildman–Crippen MR) is 143 cm³/mol. The molecule has 220 valence electrons. The number of ketones is 2. The highest BCUT2D eigenvalue weighted by molar-refractivity contribution is 6.25. The average Bonchev–Trinajstić information content (AvgIpc) is 3.39. The lowest BCUT2D eigenvalue weighted by atomic mass is 9.58. The number of likely N-dealkylation sites (tertiary alicyclic amines) is 1. The number of nitrogens with zero attached hydrogens (tertiary/aromatic N) is 1. The Bertz CT molecular complexity index is 1430. The summed E-state index contributed by atoms with van der Waals surface area (Å²) in [6, 6.07) is -0.590. The minimum atomic E-state index is -2.81. The topological polar surface area (TPSA) is 203 Å². The fourth-order valence-corrected chi connectivity index (χ4v) is 6.68. The molecule has 0 aromatic heterocycles. The number of aliphatic hydroxyl groups is 3. The van der Waals surface area contributed by atoms with Crippen LogP contribution in [0.5, 0.6) is 5.75 Å². The molecule has 1 aromatic carbocycles. The van der Waals surface area contributed by atoms with Crippen LogP contribution in [0.15, 0.2) is 28.7 Å². The smallest absolute Gasteiger partial charge is 0.255 e. The summed E-state index contributed by atoms with van der Waals surface area (Å²) in [6.07, 6.45) is 1.53. The summed E-state index contributed by atoms with van der Waals surface area (Å²) < 4.78 is 15.4. The first-order valence-corrected chi connectivity index (χ1v) is 13.6. The van der Waals surface area contributed by atoms with Crippen LogP contribution < -0.4 is 16.4 Å². The van der Waals surface area contributed by atoms with E-state index in [-0.39, 0.29) is 36.7 Å². The fourth-order valence-electron chi connectivity index (χ4n) is 6.68. The molecule has 1 aromatic rings. The largest absolute Gasteiger partial charge is 0.510 e. The molecule has 1 saturated heterocycles. The SMILES string of the molecule is CC(C)N[C@H]1C(O)=C(C(N)=O)C(=O)[C@@]2(O)C(O)=C3C(=O)c4c(O)c(NC(=O)CN5CCCC5)cc(F)c4C[C@H]3C[C@@H]12. The Kier molecular flexibility index (Phi) is 7.16. The van der Waals surface area contributed by atoms with E-state index in [9.17, 15) is 39.6 Å². The monoisotopic (exact) mass is 572 g/mol. The average molecular weight is 573 g/mol. The second kappa shape index (κ2) is 10.2. The summed E-state index contributed by atoms with van der Waals surface area (Å²) in [5.41, 5.74) is 0.218. The van der Waals surface area contributed by atoms with Crippen molar-refractivity contribution >= 4 is 29.1 Å². The number of benzene rings is 1. The maximum Gasteiger partial charge on any atom is 0.255 e. The first kappa shape index (κ1) is 28.7. The van der Waals surface area contributed by atoms with E-state index in [1.807, 2.05) is 4.90 Å². The van der Waals surface area contributed by atoms with Crippen LogP contribution in [0.3, 0.4) is 0 Å². The number of aliphatic hydroxyl groups excluding tert-OH is 2. The van der Waals surface area contributed by atoms with Gasteiger partial charge in [0.15, 0.2) is 17.1 Å². The number of carbonyl (C=O) groups excluding carboxylic acids is 4. The van der Waals surface area contributed by atoms with Gasteiger partial charge in [-0.15, -0.1) is 0 Å². The zero-order valence-corrected chi connectivity index (χ0v) is 22.7. The number of rotatable bonds is 6. The van der Waals surface area contributed by atoms with Gasteiger partial charge in [-0.1, -0.05) is 13.8 Å². The number of nitrogens with one attached hydrogen (secondary N) is 2. The lowest BCUT2D eigenvalue weighted by Crippen LogP contribution is -2.64. The minimum absolute atomic E-state index is 0.0186. The molecule has 0 saturated carbocycles. The number of halogens is 1. The molecule has 0 radical (unpaired) electrons. The second-order valence-corrected chi connectivity index (χ2v) is 11.5. The van der Waals surface area contributed by atoms with Crippen LogP contribution in [-0.4, -0.2) is 86.0 Å². The summed E-state index contributed by atoms with van der Waals surface area (Å²) in [6.45, 7) is 4.91. The second-order valence-electron chi connectivity index (χ2n) is 11.5. The van der Waals surface area contributed by atoms with Gasteiger partial charge >= 0.3 is 0 Å². The molecule has 0 unspecified atom stereocenters. The summed E-state index contributed by atoms with van der Waals surface area (Å²) >= 11 is 0. The van der Waals surface area contributed by atoms with Gasteiger partial charge < -0.3 is 36.8 Å². The molecule has 41 heavy (non-hydrogen) atoms. The summed E-state index contributed by atoms with van der Waals surface area (Å²) in [5.74, 6) is -9.71. The number of hydrogen-bond donors (Lipinski definition) is 7. The maximum absolute atomic E-state index is 15.4. The highest BCUT2D eigenvalue weighted by Gasteiger charge is 2.63. The van der Waals surface area contributed by atoms with Crippen LogP contribution in [0.4, 0.5) is 10.1 Å². The predicted octanol–water partition coefficient (Wildman–Crippen LogP) is 0.730. The molecule has 12 nitrogen and oxygen atoms in total. The Balaban J connectivity index is 1.57. The molecule has 5 rings (SSSR count). The number of carbonyl (C=O) groups is 4. The molecule has 1 fully saturated rings. The van der Waals surface area contributed by atoms with E-state index >= 15 is 4.39 Å². The van der Waals surface area contributed by atoms with Gasteiger partial charge in [-0.25, -0.2) is 4.39 Å². The number of primary amides is 1. The molecular formula is C28H33FN4O8. The van der Waals surface area contributed by atoms with Crippen molar-refractivity contribution in [3.8, 4) is 5.75 Å². The molecule has 13 heteroatoms. The van der Waals surface area contributed by atoms with E-state index in [1.165, 1.54) is 0 Å². The minimum Gasteiger partial charge on any atom is -0.510 e. The number of Topliss-reactive ketones (excluding diaryl/α,β-unsaturated/α-hetero) is 2. The van der Waals surface area contributed by atoms with Gasteiger partial charge in [0.2, 0.25) is 11.7 Å². The Morgan fingerprint density at radius 3 is 2.46 bits per heavy atom. The number of fused-ring (bicyclic) bond motifs is 3. The Morgan fingerprint density at radius 1 is 1.20 bits per heavy atom.